The number of ether oxygens (including phenoxy) is 2. The summed E-state index contributed by atoms with van der Waals surface area (Å²) in [5.41, 5.74) is 13.6. The highest BCUT2D eigenvalue weighted by Crippen LogP contribution is 2.45. The molecule has 0 saturated heterocycles. The standard InChI is InChI=1S/C33H52O5.C4H11N5/c1-22(2)12-9-13-23(3)14-10-15-24(4)16-11-20-33(8)21-19-28-27(7)31(25(5)26(6)32(28)38-33)37-30(36)18-17-29(34)35;1-9(2)4(7)8-3(5)6/h17-18,22-24H,9-16,19-21H2,1-8H3,(H,34,35);1-2H3,(H5,5,6,7,8)/b18-17-;. The van der Waals surface area contributed by atoms with Gasteiger partial charge >= 0.3 is 11.9 Å². The molecule has 0 aliphatic carbocycles. The molecule has 0 fully saturated rings. The smallest absolute Gasteiger partial charge is 0.336 e. The molecule has 1 aromatic rings. The van der Waals surface area contributed by atoms with E-state index in [0.717, 1.165) is 77.2 Å². The average Bonchev–Trinajstić information content (AvgIpc) is 2.96. The summed E-state index contributed by atoms with van der Waals surface area (Å²) >= 11 is 0. The number of aliphatic carboxylic acids is 1. The number of nitrogens with one attached hydrogen (secondary N) is 1. The lowest BCUT2D eigenvalue weighted by atomic mass is 9.83. The predicted molar refractivity (Wildman–Crippen MR) is 192 cm³/mol. The van der Waals surface area contributed by atoms with Gasteiger partial charge in [-0.25, -0.2) is 9.59 Å². The molecule has 2 rings (SSSR count). The highest BCUT2D eigenvalue weighted by Gasteiger charge is 2.34. The monoisotopic (exact) mass is 657 g/mol. The lowest BCUT2D eigenvalue weighted by Gasteiger charge is -2.38. The maximum Gasteiger partial charge on any atom is 0.336 e. The fraction of sp³-hybridized carbons (Fsp3) is 0.676. The van der Waals surface area contributed by atoms with Crippen LogP contribution >= 0.6 is 0 Å². The molecule has 0 saturated carbocycles. The van der Waals surface area contributed by atoms with Crippen LogP contribution in [0.2, 0.25) is 0 Å². The third kappa shape index (κ3) is 15.3. The Kier molecular flexibility index (Phi) is 17.6. The first-order chi connectivity index (χ1) is 21.9. The third-order valence-electron chi connectivity index (χ3n) is 9.06. The van der Waals surface area contributed by atoms with E-state index in [9.17, 15) is 9.59 Å². The lowest BCUT2D eigenvalue weighted by molar-refractivity contribution is -0.133. The summed E-state index contributed by atoms with van der Waals surface area (Å²) < 4.78 is 12.2. The van der Waals surface area contributed by atoms with Gasteiger partial charge in [-0.05, 0) is 87.8 Å². The number of carboxylic acids is 1. The fourth-order valence-electron chi connectivity index (χ4n) is 5.91. The molecular weight excluding hydrogens is 594 g/mol. The van der Waals surface area contributed by atoms with Crippen molar-refractivity contribution in [3.63, 3.8) is 0 Å². The summed E-state index contributed by atoms with van der Waals surface area (Å²) in [6.45, 7) is 17.6. The van der Waals surface area contributed by atoms with Gasteiger partial charge in [0.1, 0.15) is 17.1 Å². The maximum atomic E-state index is 12.1. The Hall–Kier alpha value is -3.56. The number of nitrogens with zero attached hydrogens (tertiary/aromatic N) is 2. The van der Waals surface area contributed by atoms with Crippen LogP contribution in [-0.4, -0.2) is 53.6 Å². The molecule has 1 heterocycles. The highest BCUT2D eigenvalue weighted by molar-refractivity contribution is 5.92. The van der Waals surface area contributed by atoms with E-state index in [1.165, 1.54) is 56.3 Å². The van der Waals surface area contributed by atoms with Crippen molar-refractivity contribution in [3.8, 4) is 11.5 Å². The fourth-order valence-corrected chi connectivity index (χ4v) is 5.91. The van der Waals surface area contributed by atoms with Gasteiger partial charge in [0.05, 0.1) is 0 Å². The molecular formula is C37H63N5O5. The molecule has 10 nitrogen and oxygen atoms in total. The van der Waals surface area contributed by atoms with Crippen LogP contribution in [0.5, 0.6) is 11.5 Å². The molecule has 1 aromatic carbocycles. The van der Waals surface area contributed by atoms with Crippen LogP contribution in [0.15, 0.2) is 17.1 Å². The van der Waals surface area contributed by atoms with E-state index < -0.39 is 11.9 Å². The van der Waals surface area contributed by atoms with Crippen molar-refractivity contribution in [3.05, 3.63) is 34.4 Å². The number of carbonyl (C=O) groups is 2. The van der Waals surface area contributed by atoms with Gasteiger partial charge in [-0.15, -0.1) is 0 Å². The molecule has 0 spiro atoms. The Morgan fingerprint density at radius 1 is 0.957 bits per heavy atom. The quantitative estimate of drug-likeness (QED) is 0.0497. The van der Waals surface area contributed by atoms with E-state index in [2.05, 4.69) is 39.6 Å². The molecule has 1 aliphatic rings. The van der Waals surface area contributed by atoms with E-state index in [0.29, 0.717) is 5.75 Å². The molecule has 0 aromatic heterocycles. The Labute approximate surface area is 283 Å². The molecule has 6 N–H and O–H groups in total. The first-order valence-corrected chi connectivity index (χ1v) is 17.2. The second-order valence-electron chi connectivity index (χ2n) is 14.3. The topological polar surface area (TPSA) is 164 Å². The van der Waals surface area contributed by atoms with Crippen molar-refractivity contribution in [2.75, 3.05) is 14.1 Å². The van der Waals surface area contributed by atoms with Gasteiger partial charge in [-0.1, -0.05) is 72.6 Å². The van der Waals surface area contributed by atoms with Crippen molar-refractivity contribution in [2.24, 2.45) is 34.2 Å². The number of nitrogens with two attached hydrogens (primary N) is 2. The first kappa shape index (κ1) is 41.5. The number of hydrogen-bond donors (Lipinski definition) is 4. The molecule has 10 heteroatoms. The van der Waals surface area contributed by atoms with Gasteiger partial charge in [0.2, 0.25) is 5.96 Å². The predicted octanol–water partition coefficient (Wildman–Crippen LogP) is 7.44. The summed E-state index contributed by atoms with van der Waals surface area (Å²) in [5.74, 6) is 1.94. The zero-order valence-electron chi connectivity index (χ0n) is 30.8. The Morgan fingerprint density at radius 2 is 1.51 bits per heavy atom. The van der Waals surface area contributed by atoms with Crippen LogP contribution in [0.1, 0.15) is 121 Å². The molecule has 47 heavy (non-hydrogen) atoms. The Morgan fingerprint density at radius 3 is 2.00 bits per heavy atom. The minimum Gasteiger partial charge on any atom is -0.487 e. The van der Waals surface area contributed by atoms with E-state index in [1.807, 2.05) is 20.8 Å². The first-order valence-electron chi connectivity index (χ1n) is 17.2. The number of carboxylic acid groups (broad SMARTS) is 1. The van der Waals surface area contributed by atoms with Crippen LogP contribution in [0.3, 0.4) is 0 Å². The van der Waals surface area contributed by atoms with Crippen molar-refractivity contribution >= 4 is 23.9 Å². The summed E-state index contributed by atoms with van der Waals surface area (Å²) in [7, 11) is 3.38. The minimum atomic E-state index is -1.18. The number of aliphatic imine (C=N–C) groups is 1. The zero-order valence-corrected chi connectivity index (χ0v) is 30.8. The Bertz CT molecular complexity index is 1250. The van der Waals surface area contributed by atoms with E-state index in [1.54, 1.807) is 14.1 Å². The SMILES string of the molecule is CN(C)C(=N)N=C(N)N.Cc1c(C)c2c(c(C)c1OC(=O)/C=C\C(=O)O)CCC(C)(CCCC(C)CCCC(C)CCCC(C)C)O2. The van der Waals surface area contributed by atoms with E-state index >= 15 is 0 Å². The van der Waals surface area contributed by atoms with Crippen LogP contribution in [-0.2, 0) is 16.0 Å². The van der Waals surface area contributed by atoms with Gasteiger partial charge in [0.25, 0.3) is 0 Å². The summed E-state index contributed by atoms with van der Waals surface area (Å²) in [6.07, 6.45) is 15.1. The number of carbonyl (C=O) groups excluding carboxylic acids is 1. The number of guanidine groups is 2. The second-order valence-corrected chi connectivity index (χ2v) is 14.3. The van der Waals surface area contributed by atoms with Crippen LogP contribution in [0.4, 0.5) is 0 Å². The molecule has 3 atom stereocenters. The molecule has 0 amide bonds. The summed E-state index contributed by atoms with van der Waals surface area (Å²) in [5, 5.41) is 15.8. The zero-order chi connectivity index (χ0) is 35.9. The third-order valence-corrected chi connectivity index (χ3v) is 9.06. The normalized spacial score (nSPS) is 16.7. The highest BCUT2D eigenvalue weighted by atomic mass is 16.5. The van der Waals surface area contributed by atoms with Gasteiger partial charge in [-0.2, -0.15) is 4.99 Å². The molecule has 266 valence electrons. The van der Waals surface area contributed by atoms with Crippen LogP contribution in [0, 0.1) is 43.9 Å². The van der Waals surface area contributed by atoms with E-state index in [-0.39, 0.29) is 17.5 Å². The number of rotatable bonds is 15. The van der Waals surface area contributed by atoms with Gasteiger partial charge < -0.3 is 30.9 Å². The molecule has 0 bridgehead atoms. The molecule has 0 radical (unpaired) electrons. The second kappa shape index (κ2) is 20.0. The maximum absolute atomic E-state index is 12.1. The number of benzene rings is 1. The van der Waals surface area contributed by atoms with Crippen molar-refractivity contribution in [1.29, 1.82) is 5.41 Å². The largest absolute Gasteiger partial charge is 0.487 e. The average molecular weight is 658 g/mol. The number of fused-ring (bicyclic) bond motifs is 1. The van der Waals surface area contributed by atoms with Crippen LogP contribution < -0.4 is 20.9 Å². The van der Waals surface area contributed by atoms with Gasteiger partial charge in [0, 0.05) is 31.8 Å². The molecule has 3 unspecified atom stereocenters. The van der Waals surface area contributed by atoms with Gasteiger partial charge in [-0.3, -0.25) is 5.41 Å². The van der Waals surface area contributed by atoms with Crippen LogP contribution in [0.25, 0.3) is 0 Å². The number of esters is 1. The lowest BCUT2D eigenvalue weighted by Crippen LogP contribution is -2.37. The summed E-state index contributed by atoms with van der Waals surface area (Å²) in [4.78, 5) is 27.8. The van der Waals surface area contributed by atoms with Crippen molar-refractivity contribution < 1.29 is 24.2 Å². The summed E-state index contributed by atoms with van der Waals surface area (Å²) in [6, 6.07) is 0. The number of hydrogen-bond acceptors (Lipinski definition) is 5. The van der Waals surface area contributed by atoms with E-state index in [4.69, 9.17) is 31.5 Å². The van der Waals surface area contributed by atoms with Crippen molar-refractivity contribution in [2.45, 2.75) is 132 Å². The van der Waals surface area contributed by atoms with Gasteiger partial charge in [0.15, 0.2) is 5.96 Å². The minimum absolute atomic E-state index is 0.0509. The van der Waals surface area contributed by atoms with Crippen molar-refractivity contribution in [1.82, 2.24) is 4.90 Å². The Balaban J connectivity index is 0.00000107. The molecule has 1 aliphatic heterocycles.